The Bertz CT molecular complexity index is 336. The van der Waals surface area contributed by atoms with Gasteiger partial charge in [-0.3, -0.25) is 4.99 Å². The van der Waals surface area contributed by atoms with Crippen LogP contribution in [0.15, 0.2) is 28.1 Å². The fraction of sp³-hybridized carbons (Fsp3) is 0.222. The number of benzene rings is 1. The molecule has 1 aromatic rings. The summed E-state index contributed by atoms with van der Waals surface area (Å²) >= 11 is 4.27. The molecule has 70 valence electrons. The van der Waals surface area contributed by atoms with Gasteiger partial charge in [0, 0.05) is 28.5 Å². The Morgan fingerprint density at radius 3 is 2.77 bits per heavy atom. The van der Waals surface area contributed by atoms with Crippen LogP contribution in [-0.4, -0.2) is 12.1 Å². The number of hydrogen-bond donors (Lipinski definition) is 1. The molecule has 0 heterocycles. The maximum atomic E-state index is 5.69. The lowest BCUT2D eigenvalue weighted by Crippen LogP contribution is -1.96. The molecule has 1 nitrogen and oxygen atoms in total. The number of nitrogens with zero attached hydrogens (tertiary/aromatic N) is 1. The summed E-state index contributed by atoms with van der Waals surface area (Å²) in [5.41, 5.74) is 2.21. The maximum Gasteiger partial charge on any atom is 0.113 e. The second kappa shape index (κ2) is 4.94. The van der Waals surface area contributed by atoms with Crippen molar-refractivity contribution < 1.29 is 0 Å². The van der Waals surface area contributed by atoms with Gasteiger partial charge < -0.3 is 0 Å². The Labute approximate surface area is 92.5 Å². The quantitative estimate of drug-likeness (QED) is 0.443. The van der Waals surface area contributed by atoms with E-state index in [1.807, 2.05) is 25.1 Å². The molecule has 0 saturated heterocycles. The van der Waals surface area contributed by atoms with E-state index in [0.717, 1.165) is 32.0 Å². The molecule has 0 radical (unpaired) electrons. The van der Waals surface area contributed by atoms with E-state index in [1.165, 1.54) is 0 Å². The minimum atomic E-state index is 0.829. The summed E-state index contributed by atoms with van der Waals surface area (Å²) < 4.78 is 0. The van der Waals surface area contributed by atoms with Crippen molar-refractivity contribution in [3.8, 4) is 0 Å². The van der Waals surface area contributed by atoms with Crippen LogP contribution < -0.4 is 0 Å². The van der Waals surface area contributed by atoms with E-state index in [-0.39, 0.29) is 0 Å². The normalized spacial score (nSPS) is 11.8. The summed E-state index contributed by atoms with van der Waals surface area (Å²) in [4.78, 5) is 5.02. The third kappa shape index (κ3) is 2.66. The summed E-state index contributed by atoms with van der Waals surface area (Å²) in [6.45, 7) is 2.03. The molecule has 0 aliphatic carbocycles. The zero-order valence-corrected chi connectivity index (χ0v) is 9.88. The lowest BCUT2D eigenvalue weighted by molar-refractivity contribution is 1.35. The molecular formula is C9H10ClNS2. The monoisotopic (exact) mass is 231 g/mol. The van der Waals surface area contributed by atoms with Crippen molar-refractivity contribution in [1.29, 1.82) is 0 Å². The van der Waals surface area contributed by atoms with Gasteiger partial charge in [-0.25, -0.2) is 0 Å². The highest BCUT2D eigenvalue weighted by Crippen LogP contribution is 2.22. The Kier molecular flexibility index (Phi) is 4.16. The van der Waals surface area contributed by atoms with E-state index in [9.17, 15) is 0 Å². The molecule has 0 saturated carbocycles. The molecule has 0 aliphatic rings. The predicted molar refractivity (Wildman–Crippen MR) is 64.3 cm³/mol. The first-order valence-corrected chi connectivity index (χ1v) is 5.83. The lowest BCUT2D eigenvalue weighted by Gasteiger charge is -2.05. The van der Waals surface area contributed by atoms with E-state index < -0.39 is 0 Å². The molecule has 0 fully saturated rings. The predicted octanol–water partition coefficient (Wildman–Crippen LogP) is 3.55. The van der Waals surface area contributed by atoms with Crippen molar-refractivity contribution in [1.82, 2.24) is 0 Å². The van der Waals surface area contributed by atoms with Gasteiger partial charge in [-0.15, -0.1) is 12.6 Å². The maximum absolute atomic E-state index is 5.69. The smallest absolute Gasteiger partial charge is 0.113 e. The van der Waals surface area contributed by atoms with Crippen LogP contribution in [0.5, 0.6) is 0 Å². The standard InChI is InChI=1S/C9H10ClNS2/c1-6-3-4-7(12)5-8(6)9(11-2)13-10/h3-5,12H,1-2H3. The van der Waals surface area contributed by atoms with E-state index in [1.54, 1.807) is 7.05 Å². The molecule has 1 aromatic carbocycles. The number of aryl methyl sites for hydroxylation is 1. The number of aliphatic imine (C=N–C) groups is 1. The molecule has 0 aliphatic heterocycles. The van der Waals surface area contributed by atoms with Crippen LogP contribution >= 0.6 is 34.3 Å². The highest BCUT2D eigenvalue weighted by atomic mass is 35.7. The number of thiol groups is 1. The van der Waals surface area contributed by atoms with Gasteiger partial charge in [0.2, 0.25) is 0 Å². The van der Waals surface area contributed by atoms with Crippen molar-refractivity contribution in [2.75, 3.05) is 7.05 Å². The van der Waals surface area contributed by atoms with Crippen LogP contribution in [0.1, 0.15) is 11.1 Å². The molecule has 0 bridgehead atoms. The first-order chi connectivity index (χ1) is 6.19. The van der Waals surface area contributed by atoms with Crippen LogP contribution in [0, 0.1) is 6.92 Å². The Morgan fingerprint density at radius 2 is 2.23 bits per heavy atom. The first-order valence-electron chi connectivity index (χ1n) is 3.74. The van der Waals surface area contributed by atoms with E-state index in [0.29, 0.717) is 0 Å². The van der Waals surface area contributed by atoms with Crippen molar-refractivity contribution in [2.24, 2.45) is 4.99 Å². The SMILES string of the molecule is CN=C(SCl)c1cc(S)ccc1C. The molecule has 0 N–H and O–H groups in total. The molecule has 0 aromatic heterocycles. The molecule has 0 atom stereocenters. The van der Waals surface area contributed by atoms with Gasteiger partial charge >= 0.3 is 0 Å². The average molecular weight is 232 g/mol. The van der Waals surface area contributed by atoms with Crippen molar-refractivity contribution in [2.45, 2.75) is 11.8 Å². The van der Waals surface area contributed by atoms with Gasteiger partial charge in [-0.2, -0.15) is 0 Å². The highest BCUT2D eigenvalue weighted by molar-refractivity contribution is 8.33. The van der Waals surface area contributed by atoms with Gasteiger partial charge in [-0.05, 0) is 35.3 Å². The van der Waals surface area contributed by atoms with E-state index >= 15 is 0 Å². The van der Waals surface area contributed by atoms with Crippen LogP contribution in [0.2, 0.25) is 0 Å². The van der Waals surface area contributed by atoms with Crippen molar-refractivity contribution in [3.63, 3.8) is 0 Å². The minimum Gasteiger partial charge on any atom is -0.280 e. The molecule has 13 heavy (non-hydrogen) atoms. The second-order valence-corrected chi connectivity index (χ2v) is 4.13. The molecule has 0 spiro atoms. The van der Waals surface area contributed by atoms with Crippen molar-refractivity contribution in [3.05, 3.63) is 29.3 Å². The second-order valence-electron chi connectivity index (χ2n) is 2.61. The first kappa shape index (κ1) is 11.0. The summed E-state index contributed by atoms with van der Waals surface area (Å²) in [5.74, 6) is 0. The van der Waals surface area contributed by atoms with Crippen molar-refractivity contribution >= 4 is 39.3 Å². The van der Waals surface area contributed by atoms with Gasteiger partial charge in [0.15, 0.2) is 0 Å². The lowest BCUT2D eigenvalue weighted by atomic mass is 10.1. The summed E-state index contributed by atoms with van der Waals surface area (Å²) in [5, 5.41) is 0.829. The summed E-state index contributed by atoms with van der Waals surface area (Å²) in [7, 11) is 8.55. The summed E-state index contributed by atoms with van der Waals surface area (Å²) in [6.07, 6.45) is 0. The van der Waals surface area contributed by atoms with Gasteiger partial charge in [0.05, 0.1) is 0 Å². The molecule has 1 rings (SSSR count). The largest absolute Gasteiger partial charge is 0.280 e. The average Bonchev–Trinajstić information content (AvgIpc) is 2.13. The third-order valence-corrected chi connectivity index (χ3v) is 2.99. The summed E-state index contributed by atoms with van der Waals surface area (Å²) in [6, 6.07) is 5.93. The number of halogens is 1. The van der Waals surface area contributed by atoms with Crippen LogP contribution in [0.3, 0.4) is 0 Å². The molecular weight excluding hydrogens is 222 g/mol. The molecule has 0 unspecified atom stereocenters. The fourth-order valence-electron chi connectivity index (χ4n) is 1.04. The van der Waals surface area contributed by atoms with Gasteiger partial charge in [-0.1, -0.05) is 6.07 Å². The number of rotatable bonds is 1. The van der Waals surface area contributed by atoms with Gasteiger partial charge in [0.1, 0.15) is 5.04 Å². The zero-order chi connectivity index (χ0) is 9.84. The Balaban J connectivity index is 3.19. The van der Waals surface area contributed by atoms with Gasteiger partial charge in [0.25, 0.3) is 0 Å². The van der Waals surface area contributed by atoms with Crippen LogP contribution in [0.25, 0.3) is 0 Å². The minimum absolute atomic E-state index is 0.829. The van der Waals surface area contributed by atoms with Crippen LogP contribution in [0.4, 0.5) is 0 Å². The van der Waals surface area contributed by atoms with E-state index in [2.05, 4.69) is 17.6 Å². The van der Waals surface area contributed by atoms with E-state index in [4.69, 9.17) is 10.7 Å². The number of hydrogen-bond acceptors (Lipinski definition) is 3. The van der Waals surface area contributed by atoms with Crippen LogP contribution in [-0.2, 0) is 0 Å². The molecule has 0 amide bonds. The third-order valence-electron chi connectivity index (χ3n) is 1.73. The fourth-order valence-corrected chi connectivity index (χ4v) is 2.07. The molecule has 4 heteroatoms. The Morgan fingerprint density at radius 1 is 1.54 bits per heavy atom. The Hall–Kier alpha value is -0.120. The topological polar surface area (TPSA) is 12.4 Å². The highest BCUT2D eigenvalue weighted by Gasteiger charge is 2.05. The zero-order valence-electron chi connectivity index (χ0n) is 7.41.